The van der Waals surface area contributed by atoms with Gasteiger partial charge in [-0.3, -0.25) is 9.59 Å². The van der Waals surface area contributed by atoms with E-state index in [1.165, 1.54) is 22.2 Å². The topological polar surface area (TPSA) is 37.4 Å². The third kappa shape index (κ3) is 2.85. The first-order valence-corrected chi connectivity index (χ1v) is 7.68. The molecule has 21 heavy (non-hydrogen) atoms. The Balaban J connectivity index is 1.79. The molecule has 2 aromatic rings. The summed E-state index contributed by atoms with van der Waals surface area (Å²) in [7, 11) is 0. The van der Waals surface area contributed by atoms with Gasteiger partial charge in [0.25, 0.3) is 0 Å². The van der Waals surface area contributed by atoms with E-state index in [0.717, 1.165) is 4.90 Å². The van der Waals surface area contributed by atoms with Gasteiger partial charge in [0.2, 0.25) is 11.8 Å². The van der Waals surface area contributed by atoms with Crippen molar-refractivity contribution in [3.63, 3.8) is 0 Å². The molecule has 1 aliphatic rings. The molecule has 4 heteroatoms. The molecule has 0 radical (unpaired) electrons. The van der Waals surface area contributed by atoms with Crippen LogP contribution in [-0.4, -0.2) is 17.1 Å². The SMILES string of the molecule is Cc1ccc(S[C@@H]2CC(=O)N(c3ccccc3)C2=O)cc1. The second-order valence-corrected chi connectivity index (χ2v) is 6.30. The highest BCUT2D eigenvalue weighted by Gasteiger charge is 2.39. The number of hydrogen-bond acceptors (Lipinski definition) is 3. The third-order valence-corrected chi connectivity index (χ3v) is 4.62. The summed E-state index contributed by atoms with van der Waals surface area (Å²) in [5, 5.41) is -0.333. The highest BCUT2D eigenvalue weighted by Crippen LogP contribution is 2.33. The van der Waals surface area contributed by atoms with E-state index in [1.807, 2.05) is 49.4 Å². The zero-order valence-electron chi connectivity index (χ0n) is 11.7. The predicted molar refractivity (Wildman–Crippen MR) is 84.4 cm³/mol. The molecule has 0 spiro atoms. The number of rotatable bonds is 3. The van der Waals surface area contributed by atoms with Crippen molar-refractivity contribution in [1.82, 2.24) is 0 Å². The van der Waals surface area contributed by atoms with Crippen molar-refractivity contribution in [2.45, 2.75) is 23.5 Å². The Morgan fingerprint density at radius 2 is 1.67 bits per heavy atom. The molecule has 0 N–H and O–H groups in total. The molecule has 1 atom stereocenters. The van der Waals surface area contributed by atoms with Crippen LogP contribution in [0.4, 0.5) is 5.69 Å². The predicted octanol–water partition coefficient (Wildman–Crippen LogP) is 3.42. The maximum absolute atomic E-state index is 12.5. The monoisotopic (exact) mass is 297 g/mol. The summed E-state index contributed by atoms with van der Waals surface area (Å²) in [5.41, 5.74) is 1.83. The fourth-order valence-electron chi connectivity index (χ4n) is 2.33. The lowest BCUT2D eigenvalue weighted by molar-refractivity contribution is -0.121. The van der Waals surface area contributed by atoms with Gasteiger partial charge in [0, 0.05) is 11.3 Å². The maximum atomic E-state index is 12.5. The molecule has 0 bridgehead atoms. The Hall–Kier alpha value is -2.07. The molecular formula is C17H15NO2S. The van der Waals surface area contributed by atoms with Crippen LogP contribution >= 0.6 is 11.8 Å². The van der Waals surface area contributed by atoms with Gasteiger partial charge in [0.1, 0.15) is 0 Å². The van der Waals surface area contributed by atoms with Gasteiger partial charge in [0.05, 0.1) is 10.9 Å². The van der Waals surface area contributed by atoms with Gasteiger partial charge in [-0.2, -0.15) is 0 Å². The molecule has 1 aliphatic heterocycles. The molecule has 0 saturated carbocycles. The van der Waals surface area contributed by atoms with Crippen molar-refractivity contribution in [2.75, 3.05) is 4.90 Å². The first kappa shape index (κ1) is 13.9. The molecule has 0 unspecified atom stereocenters. The molecule has 3 nitrogen and oxygen atoms in total. The fraction of sp³-hybridized carbons (Fsp3) is 0.176. The minimum atomic E-state index is -0.333. The summed E-state index contributed by atoms with van der Waals surface area (Å²) in [4.78, 5) is 26.9. The number of aryl methyl sites for hydroxylation is 1. The van der Waals surface area contributed by atoms with Gasteiger partial charge < -0.3 is 0 Å². The van der Waals surface area contributed by atoms with Gasteiger partial charge in [-0.15, -0.1) is 11.8 Å². The van der Waals surface area contributed by atoms with E-state index < -0.39 is 0 Å². The zero-order chi connectivity index (χ0) is 14.8. The van der Waals surface area contributed by atoms with Crippen molar-refractivity contribution in [1.29, 1.82) is 0 Å². The van der Waals surface area contributed by atoms with Crippen molar-refractivity contribution in [3.05, 3.63) is 60.2 Å². The van der Waals surface area contributed by atoms with Gasteiger partial charge in [-0.1, -0.05) is 35.9 Å². The van der Waals surface area contributed by atoms with Gasteiger partial charge in [-0.25, -0.2) is 4.90 Å². The van der Waals surface area contributed by atoms with Gasteiger partial charge in [0.15, 0.2) is 0 Å². The average Bonchev–Trinajstić information content (AvgIpc) is 2.77. The third-order valence-electron chi connectivity index (χ3n) is 3.42. The first-order valence-electron chi connectivity index (χ1n) is 6.80. The molecule has 2 aromatic carbocycles. The summed E-state index contributed by atoms with van der Waals surface area (Å²) in [5.74, 6) is -0.257. The Kier molecular flexibility index (Phi) is 3.80. The number of nitrogens with zero attached hydrogens (tertiary/aromatic N) is 1. The van der Waals surface area contributed by atoms with Crippen LogP contribution < -0.4 is 4.90 Å². The summed E-state index contributed by atoms with van der Waals surface area (Å²) in [6.07, 6.45) is 0.256. The number of carbonyl (C=O) groups is 2. The Morgan fingerprint density at radius 1 is 1.00 bits per heavy atom. The fourth-order valence-corrected chi connectivity index (χ4v) is 3.38. The smallest absolute Gasteiger partial charge is 0.247 e. The van der Waals surface area contributed by atoms with Gasteiger partial charge in [-0.05, 0) is 31.2 Å². The average molecular weight is 297 g/mol. The van der Waals surface area contributed by atoms with Crippen LogP contribution in [0.15, 0.2) is 59.5 Å². The lowest BCUT2D eigenvalue weighted by Gasteiger charge is -2.14. The summed E-state index contributed by atoms with van der Waals surface area (Å²) in [6, 6.07) is 17.1. The number of hydrogen-bond donors (Lipinski definition) is 0. The summed E-state index contributed by atoms with van der Waals surface area (Å²) < 4.78 is 0. The largest absolute Gasteiger partial charge is 0.274 e. The van der Waals surface area contributed by atoms with Crippen LogP contribution in [0.5, 0.6) is 0 Å². The van der Waals surface area contributed by atoms with Crippen LogP contribution in [0.25, 0.3) is 0 Å². The minimum Gasteiger partial charge on any atom is -0.274 e. The van der Waals surface area contributed by atoms with E-state index in [1.54, 1.807) is 12.1 Å². The van der Waals surface area contributed by atoms with E-state index in [4.69, 9.17) is 0 Å². The van der Waals surface area contributed by atoms with Crippen LogP contribution in [-0.2, 0) is 9.59 Å². The second kappa shape index (κ2) is 5.74. The molecule has 1 saturated heterocycles. The highest BCUT2D eigenvalue weighted by atomic mass is 32.2. The molecule has 3 rings (SSSR count). The van der Waals surface area contributed by atoms with Crippen LogP contribution in [0.3, 0.4) is 0 Å². The number of para-hydroxylation sites is 1. The number of thioether (sulfide) groups is 1. The van der Waals surface area contributed by atoms with E-state index in [0.29, 0.717) is 5.69 Å². The zero-order valence-corrected chi connectivity index (χ0v) is 12.5. The van der Waals surface area contributed by atoms with Crippen LogP contribution in [0.2, 0.25) is 0 Å². The summed E-state index contributed by atoms with van der Waals surface area (Å²) >= 11 is 1.46. The van der Waals surface area contributed by atoms with Crippen molar-refractivity contribution in [3.8, 4) is 0 Å². The van der Waals surface area contributed by atoms with E-state index >= 15 is 0 Å². The minimum absolute atomic E-state index is 0.128. The Morgan fingerprint density at radius 3 is 2.33 bits per heavy atom. The standard InChI is InChI=1S/C17H15NO2S/c1-12-7-9-14(10-8-12)21-15-11-16(19)18(17(15)20)13-5-3-2-4-6-13/h2-10,15H,11H2,1H3/t15-/m1/s1. The van der Waals surface area contributed by atoms with Crippen LogP contribution in [0, 0.1) is 6.92 Å². The van der Waals surface area contributed by atoms with E-state index in [9.17, 15) is 9.59 Å². The molecule has 106 valence electrons. The molecule has 0 aromatic heterocycles. The number of amides is 2. The number of benzene rings is 2. The number of anilines is 1. The second-order valence-electron chi connectivity index (χ2n) is 5.03. The summed E-state index contributed by atoms with van der Waals surface area (Å²) in [6.45, 7) is 2.02. The molecule has 0 aliphatic carbocycles. The molecule has 1 fully saturated rings. The lowest BCUT2D eigenvalue weighted by atomic mass is 10.2. The maximum Gasteiger partial charge on any atom is 0.247 e. The Labute approximate surface area is 128 Å². The molecule has 2 amide bonds. The quantitative estimate of drug-likeness (QED) is 0.815. The molecular weight excluding hydrogens is 282 g/mol. The van der Waals surface area contributed by atoms with E-state index in [2.05, 4.69) is 0 Å². The van der Waals surface area contributed by atoms with Crippen molar-refractivity contribution < 1.29 is 9.59 Å². The first-order chi connectivity index (χ1) is 10.1. The lowest BCUT2D eigenvalue weighted by Crippen LogP contribution is -2.30. The Bertz CT molecular complexity index is 667. The van der Waals surface area contributed by atoms with Crippen LogP contribution in [0.1, 0.15) is 12.0 Å². The highest BCUT2D eigenvalue weighted by molar-refractivity contribution is 8.00. The van der Waals surface area contributed by atoms with E-state index in [-0.39, 0.29) is 23.5 Å². The number of carbonyl (C=O) groups excluding carboxylic acids is 2. The molecule has 1 heterocycles. The van der Waals surface area contributed by atoms with Gasteiger partial charge >= 0.3 is 0 Å². The number of imide groups is 1. The normalized spacial score (nSPS) is 18.3. The van der Waals surface area contributed by atoms with Crippen molar-refractivity contribution in [2.24, 2.45) is 0 Å². The van der Waals surface area contributed by atoms with Crippen molar-refractivity contribution >= 4 is 29.3 Å².